The molecule has 0 aliphatic heterocycles. The van der Waals surface area contributed by atoms with Crippen LogP contribution in [0.25, 0.3) is 0 Å². The van der Waals surface area contributed by atoms with Crippen LogP contribution in [-0.2, 0) is 14.2 Å². The van der Waals surface area contributed by atoms with Crippen molar-refractivity contribution in [2.75, 3.05) is 39.6 Å². The zero-order valence-electron chi connectivity index (χ0n) is 13.2. The number of ether oxygens (including phenoxy) is 3. The van der Waals surface area contributed by atoms with Crippen molar-refractivity contribution in [1.82, 2.24) is 0 Å². The van der Waals surface area contributed by atoms with Crippen LogP contribution in [0, 0.1) is 0 Å². The smallest absolute Gasteiger partial charge is 0.338 e. The van der Waals surface area contributed by atoms with Gasteiger partial charge in [0.15, 0.2) is 0 Å². The molecule has 0 radical (unpaired) electrons. The lowest BCUT2D eigenvalue weighted by atomic mass is 10.1. The minimum absolute atomic E-state index is 0.0416. The standard InChI is InChI=1S/C16H22O8/c17-6-5-14(23-10-9-22-8-7-18)11-24-16(21)13-3-1-12(2-4-13)15(19)20/h1-4,14,17-18H,5-11H2,(H,19,20). The minimum Gasteiger partial charge on any atom is -0.478 e. The number of carboxylic acid groups (broad SMARTS) is 1. The first-order valence-electron chi connectivity index (χ1n) is 7.50. The summed E-state index contributed by atoms with van der Waals surface area (Å²) in [6.07, 6.45) is -0.180. The van der Waals surface area contributed by atoms with Crippen molar-refractivity contribution in [2.45, 2.75) is 12.5 Å². The molecule has 0 amide bonds. The Morgan fingerprint density at radius 2 is 1.62 bits per heavy atom. The second-order valence-electron chi connectivity index (χ2n) is 4.82. The molecule has 0 fully saturated rings. The quantitative estimate of drug-likeness (QED) is 0.367. The summed E-state index contributed by atoms with van der Waals surface area (Å²) in [6, 6.07) is 5.38. The van der Waals surface area contributed by atoms with Gasteiger partial charge in [-0.25, -0.2) is 9.59 Å². The number of benzene rings is 1. The van der Waals surface area contributed by atoms with Gasteiger partial charge in [-0.2, -0.15) is 0 Å². The largest absolute Gasteiger partial charge is 0.478 e. The van der Waals surface area contributed by atoms with E-state index >= 15 is 0 Å². The first-order chi connectivity index (χ1) is 11.6. The van der Waals surface area contributed by atoms with E-state index in [0.29, 0.717) is 6.42 Å². The maximum absolute atomic E-state index is 11.9. The highest BCUT2D eigenvalue weighted by molar-refractivity contribution is 5.92. The van der Waals surface area contributed by atoms with Crippen LogP contribution >= 0.6 is 0 Å². The SMILES string of the molecule is O=C(O)c1ccc(C(=O)OCC(CCO)OCCOCCO)cc1. The summed E-state index contributed by atoms with van der Waals surface area (Å²) >= 11 is 0. The van der Waals surface area contributed by atoms with Crippen LogP contribution in [0.1, 0.15) is 27.1 Å². The summed E-state index contributed by atoms with van der Waals surface area (Å²) in [5, 5.41) is 26.4. The van der Waals surface area contributed by atoms with Gasteiger partial charge in [-0.05, 0) is 30.7 Å². The number of carbonyl (C=O) groups excluding carboxylic acids is 1. The molecule has 0 aliphatic carbocycles. The van der Waals surface area contributed by atoms with E-state index in [9.17, 15) is 9.59 Å². The molecule has 0 saturated carbocycles. The fourth-order valence-electron chi connectivity index (χ4n) is 1.80. The molecule has 8 heteroatoms. The molecule has 1 aromatic rings. The average molecular weight is 342 g/mol. The van der Waals surface area contributed by atoms with Gasteiger partial charge in [0.2, 0.25) is 0 Å². The Balaban J connectivity index is 2.41. The van der Waals surface area contributed by atoms with Crippen LogP contribution in [0.4, 0.5) is 0 Å². The van der Waals surface area contributed by atoms with Gasteiger partial charge < -0.3 is 29.5 Å². The third kappa shape index (κ3) is 7.51. The number of hydrogen-bond donors (Lipinski definition) is 3. The van der Waals surface area contributed by atoms with Crippen molar-refractivity contribution in [2.24, 2.45) is 0 Å². The van der Waals surface area contributed by atoms with Crippen molar-refractivity contribution in [3.05, 3.63) is 35.4 Å². The molecule has 3 N–H and O–H groups in total. The van der Waals surface area contributed by atoms with Crippen molar-refractivity contribution in [3.63, 3.8) is 0 Å². The van der Waals surface area contributed by atoms with Gasteiger partial charge >= 0.3 is 11.9 Å². The summed E-state index contributed by atoms with van der Waals surface area (Å²) in [4.78, 5) is 22.7. The van der Waals surface area contributed by atoms with Crippen LogP contribution in [0.5, 0.6) is 0 Å². The molecule has 1 aromatic carbocycles. The van der Waals surface area contributed by atoms with Crippen molar-refractivity contribution in [3.8, 4) is 0 Å². The molecule has 1 rings (SSSR count). The van der Waals surface area contributed by atoms with E-state index in [1.54, 1.807) is 0 Å². The van der Waals surface area contributed by atoms with E-state index < -0.39 is 18.0 Å². The third-order valence-electron chi connectivity index (χ3n) is 3.04. The van der Waals surface area contributed by atoms with Crippen molar-refractivity contribution in [1.29, 1.82) is 0 Å². The van der Waals surface area contributed by atoms with Crippen molar-refractivity contribution >= 4 is 11.9 Å². The van der Waals surface area contributed by atoms with Crippen LogP contribution in [0.3, 0.4) is 0 Å². The Labute approximate surface area is 139 Å². The summed E-state index contributed by atoms with van der Waals surface area (Å²) in [5.41, 5.74) is 0.310. The van der Waals surface area contributed by atoms with Gasteiger partial charge in [-0.3, -0.25) is 0 Å². The van der Waals surface area contributed by atoms with Gasteiger partial charge in [0, 0.05) is 6.61 Å². The zero-order valence-corrected chi connectivity index (χ0v) is 13.2. The van der Waals surface area contributed by atoms with Crippen LogP contribution in [0.15, 0.2) is 24.3 Å². The van der Waals surface area contributed by atoms with Gasteiger partial charge in [0.1, 0.15) is 6.61 Å². The predicted octanol–water partition coefficient (Wildman–Crippen LogP) is 0.318. The Hall–Kier alpha value is -2.00. The van der Waals surface area contributed by atoms with Gasteiger partial charge in [0.25, 0.3) is 0 Å². The molecule has 1 atom stereocenters. The highest BCUT2D eigenvalue weighted by Gasteiger charge is 2.14. The summed E-state index contributed by atoms with van der Waals surface area (Å²) < 4.78 is 15.6. The Kier molecular flexibility index (Phi) is 9.62. The molecular weight excluding hydrogens is 320 g/mol. The highest BCUT2D eigenvalue weighted by atomic mass is 16.6. The van der Waals surface area contributed by atoms with Gasteiger partial charge in [-0.15, -0.1) is 0 Å². The zero-order chi connectivity index (χ0) is 17.8. The van der Waals surface area contributed by atoms with Gasteiger partial charge in [0.05, 0.1) is 43.7 Å². The summed E-state index contributed by atoms with van der Waals surface area (Å²) in [7, 11) is 0. The fraction of sp³-hybridized carbons (Fsp3) is 0.500. The van der Waals surface area contributed by atoms with E-state index in [1.165, 1.54) is 24.3 Å². The molecule has 0 spiro atoms. The molecule has 0 bridgehead atoms. The molecule has 24 heavy (non-hydrogen) atoms. The van der Waals surface area contributed by atoms with Crippen LogP contribution in [0.2, 0.25) is 0 Å². The molecule has 0 saturated heterocycles. The van der Waals surface area contributed by atoms with E-state index in [0.717, 1.165) is 0 Å². The highest BCUT2D eigenvalue weighted by Crippen LogP contribution is 2.08. The number of carbonyl (C=O) groups is 2. The minimum atomic E-state index is -1.07. The monoisotopic (exact) mass is 342 g/mol. The molecular formula is C16H22O8. The number of hydrogen-bond acceptors (Lipinski definition) is 7. The Bertz CT molecular complexity index is 499. The number of aromatic carboxylic acids is 1. The number of rotatable bonds is 12. The molecule has 1 unspecified atom stereocenters. The molecule has 0 aromatic heterocycles. The summed E-state index contributed by atoms with van der Waals surface area (Å²) in [5.74, 6) is -1.68. The van der Waals surface area contributed by atoms with Crippen molar-refractivity contribution < 1.29 is 39.1 Å². The van der Waals surface area contributed by atoms with E-state index in [1.807, 2.05) is 0 Å². The van der Waals surface area contributed by atoms with Crippen LogP contribution in [-0.4, -0.2) is 73.0 Å². The summed E-state index contributed by atoms with van der Waals surface area (Å²) in [6.45, 7) is 0.517. The molecule has 134 valence electrons. The number of carboxylic acids is 1. The van der Waals surface area contributed by atoms with E-state index in [4.69, 9.17) is 29.5 Å². The average Bonchev–Trinajstić information content (AvgIpc) is 2.59. The predicted molar refractivity (Wildman–Crippen MR) is 83.0 cm³/mol. The first kappa shape index (κ1) is 20.0. The maximum atomic E-state index is 11.9. The lowest BCUT2D eigenvalue weighted by Crippen LogP contribution is -2.25. The number of aliphatic hydroxyl groups excluding tert-OH is 2. The third-order valence-corrected chi connectivity index (χ3v) is 3.04. The fourth-order valence-corrected chi connectivity index (χ4v) is 1.80. The maximum Gasteiger partial charge on any atom is 0.338 e. The lowest BCUT2D eigenvalue weighted by molar-refractivity contribution is -0.0397. The normalized spacial score (nSPS) is 11.9. The van der Waals surface area contributed by atoms with Crippen LogP contribution < -0.4 is 0 Å². The second-order valence-corrected chi connectivity index (χ2v) is 4.82. The Morgan fingerprint density at radius 3 is 2.21 bits per heavy atom. The number of esters is 1. The lowest BCUT2D eigenvalue weighted by Gasteiger charge is -2.17. The molecule has 0 aliphatic rings. The van der Waals surface area contributed by atoms with E-state index in [-0.39, 0.29) is 50.8 Å². The molecule has 8 nitrogen and oxygen atoms in total. The van der Waals surface area contributed by atoms with E-state index in [2.05, 4.69) is 0 Å². The Morgan fingerprint density at radius 1 is 0.958 bits per heavy atom. The first-order valence-corrected chi connectivity index (χ1v) is 7.50. The second kappa shape index (κ2) is 11.5. The van der Waals surface area contributed by atoms with Gasteiger partial charge in [-0.1, -0.05) is 0 Å². The number of aliphatic hydroxyl groups is 2. The molecule has 0 heterocycles. The topological polar surface area (TPSA) is 123 Å².